The summed E-state index contributed by atoms with van der Waals surface area (Å²) >= 11 is 1.23. The lowest BCUT2D eigenvalue weighted by molar-refractivity contribution is -0.107. The van der Waals surface area contributed by atoms with Gasteiger partial charge in [0, 0.05) is 4.90 Å². The van der Waals surface area contributed by atoms with Crippen LogP contribution in [-0.2, 0) is 4.79 Å². The fourth-order valence-electron chi connectivity index (χ4n) is 1.90. The molecule has 25 heavy (non-hydrogen) atoms. The van der Waals surface area contributed by atoms with Crippen molar-refractivity contribution in [2.24, 2.45) is 0 Å². The first-order valence-corrected chi connectivity index (χ1v) is 12.1. The Morgan fingerprint density at radius 3 is 2.16 bits per heavy atom. The lowest BCUT2D eigenvalue weighted by Gasteiger charge is -2.36. The molecule has 0 heterocycles. The normalized spacial score (nSPS) is 12.4. The van der Waals surface area contributed by atoms with E-state index in [2.05, 4.69) is 33.9 Å². The Balaban J connectivity index is 1.97. The van der Waals surface area contributed by atoms with Crippen LogP contribution in [0.5, 0.6) is 5.75 Å². The summed E-state index contributed by atoms with van der Waals surface area (Å²) in [5.74, 6) is 0.897. The summed E-state index contributed by atoms with van der Waals surface area (Å²) in [6.45, 7) is 11.2. The smallest absolute Gasteiger partial charge is 0.250 e. The van der Waals surface area contributed by atoms with Crippen LogP contribution in [0.25, 0.3) is 6.08 Å². The molecule has 0 saturated carbocycles. The molecule has 0 aliphatic carbocycles. The lowest BCUT2D eigenvalue weighted by Crippen LogP contribution is -2.43. The van der Waals surface area contributed by atoms with E-state index in [9.17, 15) is 4.79 Å². The molecule has 0 radical (unpaired) electrons. The van der Waals surface area contributed by atoms with Crippen molar-refractivity contribution in [1.29, 1.82) is 0 Å². The summed E-state index contributed by atoms with van der Waals surface area (Å²) in [7, 11) is -1.82. The van der Waals surface area contributed by atoms with Crippen molar-refractivity contribution < 1.29 is 9.22 Å². The lowest BCUT2D eigenvalue weighted by atomic mass is 10.2. The van der Waals surface area contributed by atoms with E-state index in [0.717, 1.165) is 16.2 Å². The fourth-order valence-corrected chi connectivity index (χ4v) is 3.59. The van der Waals surface area contributed by atoms with Gasteiger partial charge in [0.15, 0.2) is 0 Å². The van der Waals surface area contributed by atoms with Gasteiger partial charge in [-0.2, -0.15) is 0 Å². The number of rotatable bonds is 5. The van der Waals surface area contributed by atoms with Crippen LogP contribution in [0.1, 0.15) is 26.3 Å². The maximum absolute atomic E-state index is 12.0. The summed E-state index contributed by atoms with van der Waals surface area (Å²) in [4.78, 5) is 13.0. The zero-order chi connectivity index (χ0) is 18.5. The molecule has 2 aromatic carbocycles. The van der Waals surface area contributed by atoms with Crippen molar-refractivity contribution >= 4 is 31.3 Å². The number of hydrogen-bond donors (Lipinski definition) is 0. The molecule has 0 saturated heterocycles. The second kappa shape index (κ2) is 8.06. The van der Waals surface area contributed by atoms with E-state index in [1.807, 2.05) is 60.7 Å². The molecule has 132 valence electrons. The number of hydrogen-bond acceptors (Lipinski definition) is 3. The quantitative estimate of drug-likeness (QED) is 0.346. The van der Waals surface area contributed by atoms with Gasteiger partial charge in [0.05, 0.1) is 0 Å². The first-order chi connectivity index (χ1) is 11.7. The van der Waals surface area contributed by atoms with Gasteiger partial charge in [0.2, 0.25) is 13.4 Å². The first kappa shape index (κ1) is 19.5. The molecule has 2 aromatic rings. The molecule has 0 spiro atoms. The van der Waals surface area contributed by atoms with E-state index in [4.69, 9.17) is 4.43 Å². The zero-order valence-corrected chi connectivity index (χ0v) is 17.4. The molecule has 0 unspecified atom stereocenters. The van der Waals surface area contributed by atoms with E-state index >= 15 is 0 Å². The molecule has 2 nitrogen and oxygen atoms in total. The van der Waals surface area contributed by atoms with E-state index in [0.29, 0.717) is 0 Å². The Bertz CT molecular complexity index is 729. The summed E-state index contributed by atoms with van der Waals surface area (Å²) in [6.07, 6.45) is 3.45. The molecule has 0 atom stereocenters. The van der Waals surface area contributed by atoms with Crippen LogP contribution in [-0.4, -0.2) is 13.4 Å². The van der Waals surface area contributed by atoms with Crippen LogP contribution >= 0.6 is 11.8 Å². The molecule has 2 rings (SSSR count). The average Bonchev–Trinajstić information content (AvgIpc) is 2.54. The predicted molar refractivity (Wildman–Crippen MR) is 111 cm³/mol. The molecular formula is C21H26O2SSi. The van der Waals surface area contributed by atoms with Crippen molar-refractivity contribution in [3.63, 3.8) is 0 Å². The van der Waals surface area contributed by atoms with Crippen molar-refractivity contribution in [3.05, 3.63) is 66.2 Å². The summed E-state index contributed by atoms with van der Waals surface area (Å²) in [5, 5.41) is 0.194. The van der Waals surface area contributed by atoms with Crippen molar-refractivity contribution in [2.45, 2.75) is 43.8 Å². The molecule has 0 amide bonds. The minimum atomic E-state index is -1.82. The Hall–Kier alpha value is -1.78. The van der Waals surface area contributed by atoms with Gasteiger partial charge in [-0.05, 0) is 65.8 Å². The van der Waals surface area contributed by atoms with Crippen LogP contribution in [0.4, 0.5) is 0 Å². The average molecular weight is 371 g/mol. The fraction of sp³-hybridized carbons (Fsp3) is 0.286. The maximum atomic E-state index is 12.0. The van der Waals surface area contributed by atoms with Crippen LogP contribution in [0, 0.1) is 0 Å². The summed E-state index contributed by atoms with van der Waals surface area (Å²) < 4.78 is 6.27. The van der Waals surface area contributed by atoms with Crippen LogP contribution in [0.3, 0.4) is 0 Å². The molecule has 0 aromatic heterocycles. The zero-order valence-electron chi connectivity index (χ0n) is 15.6. The van der Waals surface area contributed by atoms with Gasteiger partial charge < -0.3 is 4.43 Å². The number of thioether (sulfide) groups is 1. The molecule has 0 fully saturated rings. The van der Waals surface area contributed by atoms with E-state index < -0.39 is 8.32 Å². The maximum Gasteiger partial charge on any atom is 0.250 e. The van der Waals surface area contributed by atoms with Gasteiger partial charge >= 0.3 is 0 Å². The van der Waals surface area contributed by atoms with Gasteiger partial charge in [-0.25, -0.2) is 0 Å². The summed E-state index contributed by atoms with van der Waals surface area (Å²) in [6, 6.07) is 17.6. The number of carbonyl (C=O) groups excluding carboxylic acids is 1. The van der Waals surface area contributed by atoms with E-state index in [1.165, 1.54) is 11.8 Å². The highest BCUT2D eigenvalue weighted by Gasteiger charge is 2.38. The third-order valence-corrected chi connectivity index (χ3v) is 9.64. The highest BCUT2D eigenvalue weighted by atomic mass is 32.2. The Morgan fingerprint density at radius 2 is 1.60 bits per heavy atom. The Labute approximate surface area is 156 Å². The predicted octanol–water partition coefficient (Wildman–Crippen LogP) is 6.40. The number of benzene rings is 2. The number of carbonyl (C=O) groups is 1. The molecule has 0 bridgehead atoms. The molecule has 4 heteroatoms. The third kappa shape index (κ3) is 5.90. The van der Waals surface area contributed by atoms with Crippen LogP contribution in [0.15, 0.2) is 65.6 Å². The highest BCUT2D eigenvalue weighted by molar-refractivity contribution is 8.14. The molecule has 0 N–H and O–H groups in total. The Kier molecular flexibility index (Phi) is 6.30. The monoisotopic (exact) mass is 370 g/mol. The second-order valence-corrected chi connectivity index (χ2v) is 13.3. The van der Waals surface area contributed by atoms with Crippen LogP contribution < -0.4 is 4.43 Å². The third-order valence-electron chi connectivity index (χ3n) is 4.43. The topological polar surface area (TPSA) is 26.3 Å². The van der Waals surface area contributed by atoms with Crippen LogP contribution in [0.2, 0.25) is 18.1 Å². The van der Waals surface area contributed by atoms with E-state index in [-0.39, 0.29) is 10.2 Å². The first-order valence-electron chi connectivity index (χ1n) is 8.41. The standard InChI is InChI=1S/C21H26O2SSi/c1-21(2,3)25(4,5)23-18-14-11-17(12-15-18)13-16-20(22)24-19-9-7-6-8-10-19/h6-16H,1-5H3/b16-13+. The second-order valence-electron chi connectivity index (χ2n) is 7.50. The minimum Gasteiger partial charge on any atom is -0.544 e. The van der Waals surface area contributed by atoms with Crippen molar-refractivity contribution in [2.75, 3.05) is 0 Å². The van der Waals surface area contributed by atoms with Crippen molar-refractivity contribution in [1.82, 2.24) is 0 Å². The van der Waals surface area contributed by atoms with Gasteiger partial charge in [-0.3, -0.25) is 4.79 Å². The SMILES string of the molecule is CC(C)(C)[Si](C)(C)Oc1ccc(/C=C/C(=O)Sc2ccccc2)cc1. The highest BCUT2D eigenvalue weighted by Crippen LogP contribution is 2.37. The van der Waals surface area contributed by atoms with Crippen molar-refractivity contribution in [3.8, 4) is 5.75 Å². The Morgan fingerprint density at radius 1 is 1.00 bits per heavy atom. The molecule has 0 aliphatic heterocycles. The van der Waals surface area contributed by atoms with Gasteiger partial charge in [0.1, 0.15) is 5.75 Å². The van der Waals surface area contributed by atoms with E-state index in [1.54, 1.807) is 6.08 Å². The summed E-state index contributed by atoms with van der Waals surface area (Å²) in [5.41, 5.74) is 0.990. The van der Waals surface area contributed by atoms with Gasteiger partial charge in [0.25, 0.3) is 0 Å². The van der Waals surface area contributed by atoms with Gasteiger partial charge in [-0.15, -0.1) is 0 Å². The van der Waals surface area contributed by atoms with Gasteiger partial charge in [-0.1, -0.05) is 57.2 Å². The minimum absolute atomic E-state index is 0.0211. The molecule has 0 aliphatic rings. The largest absolute Gasteiger partial charge is 0.544 e. The molecular weight excluding hydrogens is 344 g/mol.